The second-order valence-electron chi connectivity index (χ2n) is 6.42. The number of fused-ring (bicyclic) bond motifs is 1. The Labute approximate surface area is 160 Å². The quantitative estimate of drug-likeness (QED) is 0.678. The van der Waals surface area contributed by atoms with Crippen molar-refractivity contribution in [3.05, 3.63) is 64.9 Å². The van der Waals surface area contributed by atoms with Gasteiger partial charge in [-0.15, -0.1) is 0 Å². The third kappa shape index (κ3) is 3.13. The number of nitrogens with zero attached hydrogens (tertiary/aromatic N) is 1. The second-order valence-corrected chi connectivity index (χ2v) is 6.42. The molecular weight excluding hydrogens is 368 g/mol. The number of benzene rings is 2. The first kappa shape index (κ1) is 19.5. The van der Waals surface area contributed by atoms with Crippen LogP contribution in [0.3, 0.4) is 0 Å². The number of halogens is 2. The van der Waals surface area contributed by atoms with Crippen LogP contribution in [0.15, 0.2) is 36.4 Å². The van der Waals surface area contributed by atoms with E-state index in [2.05, 4.69) is 0 Å². The molecule has 0 saturated heterocycles. The zero-order valence-corrected chi connectivity index (χ0v) is 15.6. The van der Waals surface area contributed by atoms with Gasteiger partial charge in [0, 0.05) is 16.6 Å². The zero-order valence-electron chi connectivity index (χ0n) is 15.6. The summed E-state index contributed by atoms with van der Waals surface area (Å²) in [6, 6.07) is 7.66. The van der Waals surface area contributed by atoms with Gasteiger partial charge < -0.3 is 9.84 Å². The first-order chi connectivity index (χ1) is 13.3. The van der Waals surface area contributed by atoms with Crippen molar-refractivity contribution in [2.75, 3.05) is 6.61 Å². The van der Waals surface area contributed by atoms with Crippen LogP contribution in [0.25, 0.3) is 10.9 Å². The summed E-state index contributed by atoms with van der Waals surface area (Å²) in [6.45, 7) is 4.91. The van der Waals surface area contributed by atoms with Crippen molar-refractivity contribution in [3.63, 3.8) is 0 Å². The minimum absolute atomic E-state index is 0.0391. The molecule has 7 heteroatoms. The Hall–Kier alpha value is -3.22. The van der Waals surface area contributed by atoms with Gasteiger partial charge in [-0.1, -0.05) is 6.07 Å². The summed E-state index contributed by atoms with van der Waals surface area (Å²) in [6.07, 6.45) is 0. The molecule has 1 unspecified atom stereocenters. The largest absolute Gasteiger partial charge is 0.505 e. The van der Waals surface area contributed by atoms with Gasteiger partial charge >= 0.3 is 5.97 Å². The Morgan fingerprint density at radius 2 is 1.93 bits per heavy atom. The van der Waals surface area contributed by atoms with Gasteiger partial charge in [0.1, 0.15) is 5.82 Å². The zero-order chi connectivity index (χ0) is 20.6. The van der Waals surface area contributed by atoms with E-state index in [1.54, 1.807) is 20.8 Å². The Kier molecular flexibility index (Phi) is 5.18. The maximum Gasteiger partial charge on any atom is 0.313 e. The molecule has 28 heavy (non-hydrogen) atoms. The predicted octanol–water partition coefficient (Wildman–Crippen LogP) is 4.29. The maximum atomic E-state index is 14.8. The van der Waals surface area contributed by atoms with Crippen LogP contribution in [0, 0.1) is 18.6 Å². The van der Waals surface area contributed by atoms with E-state index in [9.17, 15) is 23.5 Å². The molecule has 1 heterocycles. The Balaban J connectivity index is 2.30. The average Bonchev–Trinajstić information content (AvgIpc) is 2.96. The highest BCUT2D eigenvalue weighted by molar-refractivity contribution is 6.05. The van der Waals surface area contributed by atoms with Crippen molar-refractivity contribution < 1.29 is 28.2 Å². The normalized spacial score (nSPS) is 12.2. The molecule has 3 rings (SSSR count). The number of hydrogen-bond donors (Lipinski definition) is 1. The summed E-state index contributed by atoms with van der Waals surface area (Å²) in [7, 11) is 0. The van der Waals surface area contributed by atoms with Crippen LogP contribution in [0.5, 0.6) is 5.75 Å². The monoisotopic (exact) mass is 387 g/mol. The van der Waals surface area contributed by atoms with Gasteiger partial charge in [0.25, 0.3) is 5.91 Å². The molecule has 2 aromatic carbocycles. The Morgan fingerprint density at radius 3 is 2.57 bits per heavy atom. The van der Waals surface area contributed by atoms with Crippen molar-refractivity contribution >= 4 is 22.8 Å². The molecule has 0 aliphatic heterocycles. The molecule has 146 valence electrons. The predicted molar refractivity (Wildman–Crippen MR) is 99.5 cm³/mol. The highest BCUT2D eigenvalue weighted by Gasteiger charge is 2.30. The number of hydrogen-bond acceptors (Lipinski definition) is 4. The fourth-order valence-corrected chi connectivity index (χ4v) is 3.41. The number of aromatic hydroxyl groups is 1. The lowest BCUT2D eigenvalue weighted by molar-refractivity contribution is -0.144. The number of aromatic nitrogens is 1. The topological polar surface area (TPSA) is 68.5 Å². The summed E-state index contributed by atoms with van der Waals surface area (Å²) < 4.78 is 34.6. The second kappa shape index (κ2) is 7.42. The Bertz CT molecular complexity index is 1090. The van der Waals surface area contributed by atoms with Gasteiger partial charge in [-0.2, -0.15) is 0 Å². The number of carbonyl (C=O) groups excluding carboxylic acids is 2. The van der Waals surface area contributed by atoms with Gasteiger partial charge in [-0.25, -0.2) is 8.78 Å². The van der Waals surface area contributed by atoms with Crippen LogP contribution in [-0.2, 0) is 9.53 Å². The molecule has 3 aromatic rings. The van der Waals surface area contributed by atoms with Crippen molar-refractivity contribution in [1.82, 2.24) is 4.57 Å². The standard InChI is InChI=1S/C21H19F2NO4/c1-4-28-21(27)11(2)17-12(3)24(15-8-9-16(25)19(23)18(15)17)20(26)13-6-5-7-14(22)10-13/h5-11,25H,4H2,1-3H3. The van der Waals surface area contributed by atoms with E-state index in [4.69, 9.17) is 4.74 Å². The average molecular weight is 387 g/mol. The molecule has 5 nitrogen and oxygen atoms in total. The summed E-state index contributed by atoms with van der Waals surface area (Å²) >= 11 is 0. The molecule has 0 aliphatic carbocycles. The molecule has 0 saturated carbocycles. The fourth-order valence-electron chi connectivity index (χ4n) is 3.41. The van der Waals surface area contributed by atoms with E-state index in [0.29, 0.717) is 5.69 Å². The highest BCUT2D eigenvalue weighted by atomic mass is 19.1. The number of rotatable bonds is 4. The van der Waals surface area contributed by atoms with Gasteiger partial charge in [0.15, 0.2) is 11.6 Å². The molecule has 1 aromatic heterocycles. The van der Waals surface area contributed by atoms with Crippen molar-refractivity contribution in [2.45, 2.75) is 26.7 Å². The molecule has 1 atom stereocenters. The number of carbonyl (C=O) groups is 2. The van der Waals surface area contributed by atoms with E-state index < -0.39 is 35.2 Å². The molecule has 0 amide bonds. The molecule has 0 radical (unpaired) electrons. The summed E-state index contributed by atoms with van der Waals surface area (Å²) in [5, 5.41) is 9.78. The van der Waals surface area contributed by atoms with Crippen LogP contribution in [-0.4, -0.2) is 28.2 Å². The first-order valence-corrected chi connectivity index (χ1v) is 8.77. The van der Waals surface area contributed by atoms with Crippen molar-refractivity contribution in [1.29, 1.82) is 0 Å². The molecular formula is C21H19F2NO4. The number of esters is 1. The lowest BCUT2D eigenvalue weighted by Crippen LogP contribution is -2.16. The van der Waals surface area contributed by atoms with E-state index in [1.165, 1.54) is 28.8 Å². The van der Waals surface area contributed by atoms with Gasteiger partial charge in [-0.3, -0.25) is 14.2 Å². The maximum absolute atomic E-state index is 14.8. The van der Waals surface area contributed by atoms with E-state index in [1.807, 2.05) is 0 Å². The van der Waals surface area contributed by atoms with E-state index >= 15 is 0 Å². The van der Waals surface area contributed by atoms with Crippen molar-refractivity contribution in [2.24, 2.45) is 0 Å². The first-order valence-electron chi connectivity index (χ1n) is 8.77. The van der Waals surface area contributed by atoms with E-state index in [0.717, 1.165) is 12.1 Å². The van der Waals surface area contributed by atoms with Crippen LogP contribution < -0.4 is 0 Å². The lowest BCUT2D eigenvalue weighted by atomic mass is 9.97. The van der Waals surface area contributed by atoms with Gasteiger partial charge in [0.05, 0.1) is 18.0 Å². The van der Waals surface area contributed by atoms with Crippen molar-refractivity contribution in [3.8, 4) is 5.75 Å². The minimum atomic E-state index is -0.933. The highest BCUT2D eigenvalue weighted by Crippen LogP contribution is 2.37. The van der Waals surface area contributed by atoms with Crippen LogP contribution in [0.1, 0.15) is 41.4 Å². The molecule has 0 fully saturated rings. The third-order valence-corrected chi connectivity index (χ3v) is 4.68. The summed E-state index contributed by atoms with van der Waals surface area (Å²) in [4.78, 5) is 25.3. The molecule has 0 spiro atoms. The van der Waals surface area contributed by atoms with E-state index in [-0.39, 0.29) is 28.6 Å². The van der Waals surface area contributed by atoms with Crippen LogP contribution >= 0.6 is 0 Å². The van der Waals surface area contributed by atoms with Crippen LogP contribution in [0.4, 0.5) is 8.78 Å². The number of phenolic OH excluding ortho intramolecular Hbond substituents is 1. The molecule has 1 N–H and O–H groups in total. The van der Waals surface area contributed by atoms with Gasteiger partial charge in [0.2, 0.25) is 0 Å². The molecule has 0 aliphatic rings. The molecule has 0 bridgehead atoms. The fraction of sp³-hybridized carbons (Fsp3) is 0.238. The number of ether oxygens (including phenoxy) is 1. The van der Waals surface area contributed by atoms with Gasteiger partial charge in [-0.05, 0) is 56.7 Å². The van der Waals surface area contributed by atoms with Crippen LogP contribution in [0.2, 0.25) is 0 Å². The lowest BCUT2D eigenvalue weighted by Gasteiger charge is -2.12. The smallest absolute Gasteiger partial charge is 0.313 e. The third-order valence-electron chi connectivity index (χ3n) is 4.68. The summed E-state index contributed by atoms with van der Waals surface area (Å²) in [5.41, 5.74) is 0.804. The summed E-state index contributed by atoms with van der Waals surface area (Å²) in [5.74, 6) is -4.14. The SMILES string of the molecule is CCOC(=O)C(C)c1c(C)n(C(=O)c2cccc(F)c2)c2ccc(O)c(F)c12. The minimum Gasteiger partial charge on any atom is -0.505 e. The number of phenols is 1. The Morgan fingerprint density at radius 1 is 1.21 bits per heavy atom.